The fourth-order valence-electron chi connectivity index (χ4n) is 2.38. The molecule has 3 rings (SSSR count). The van der Waals surface area contributed by atoms with E-state index in [0.29, 0.717) is 6.10 Å². The first-order valence-electron chi connectivity index (χ1n) is 4.37. The summed E-state index contributed by atoms with van der Waals surface area (Å²) in [7, 11) is 0. The van der Waals surface area contributed by atoms with Gasteiger partial charge in [-0.25, -0.2) is 0 Å². The van der Waals surface area contributed by atoms with Gasteiger partial charge in [-0.2, -0.15) is 0 Å². The Morgan fingerprint density at radius 1 is 1.30 bits per heavy atom. The molecule has 3 aliphatic rings. The lowest BCUT2D eigenvalue weighted by atomic mass is 9.74. The molecule has 58 valence electrons. The van der Waals surface area contributed by atoms with Crippen LogP contribution in [0.3, 0.4) is 0 Å². The maximum atomic E-state index is 5.87. The fraction of sp³-hybridized carbons (Fsp3) is 1.00. The Morgan fingerprint density at radius 2 is 1.90 bits per heavy atom. The van der Waals surface area contributed by atoms with Crippen molar-refractivity contribution in [2.45, 2.75) is 51.2 Å². The molecule has 0 aromatic heterocycles. The SMILES string of the molecule is CC1OC2(C)CCC1CC2. The zero-order chi connectivity index (χ0) is 7.19. The first-order valence-corrected chi connectivity index (χ1v) is 4.37. The van der Waals surface area contributed by atoms with Crippen LogP contribution in [0.15, 0.2) is 0 Å². The molecule has 3 fully saturated rings. The van der Waals surface area contributed by atoms with E-state index >= 15 is 0 Å². The van der Waals surface area contributed by atoms with Crippen LogP contribution in [0.25, 0.3) is 0 Å². The van der Waals surface area contributed by atoms with E-state index in [1.807, 2.05) is 0 Å². The summed E-state index contributed by atoms with van der Waals surface area (Å²) in [4.78, 5) is 0. The summed E-state index contributed by atoms with van der Waals surface area (Å²) in [5.74, 6) is 0.877. The van der Waals surface area contributed by atoms with Gasteiger partial charge in [-0.05, 0) is 45.4 Å². The predicted octanol–water partition coefficient (Wildman–Crippen LogP) is 2.35. The minimum atomic E-state index is 0.258. The first-order chi connectivity index (χ1) is 4.70. The molecule has 0 spiro atoms. The van der Waals surface area contributed by atoms with Crippen LogP contribution in [0.5, 0.6) is 0 Å². The molecular formula is C9H16O. The lowest BCUT2D eigenvalue weighted by Crippen LogP contribution is -2.47. The summed E-state index contributed by atoms with van der Waals surface area (Å²) >= 11 is 0. The maximum absolute atomic E-state index is 5.87. The van der Waals surface area contributed by atoms with Crippen LogP contribution in [0.1, 0.15) is 39.5 Å². The fourth-order valence-corrected chi connectivity index (χ4v) is 2.38. The van der Waals surface area contributed by atoms with Crippen LogP contribution in [0, 0.1) is 5.92 Å². The van der Waals surface area contributed by atoms with Gasteiger partial charge in [0.25, 0.3) is 0 Å². The summed E-state index contributed by atoms with van der Waals surface area (Å²) in [6.45, 7) is 4.49. The summed E-state index contributed by atoms with van der Waals surface area (Å²) in [6, 6.07) is 0. The Morgan fingerprint density at radius 3 is 2.20 bits per heavy atom. The highest BCUT2D eigenvalue weighted by Crippen LogP contribution is 2.43. The van der Waals surface area contributed by atoms with Crippen LogP contribution < -0.4 is 0 Å². The van der Waals surface area contributed by atoms with Crippen molar-refractivity contribution in [3.63, 3.8) is 0 Å². The van der Waals surface area contributed by atoms with Crippen molar-refractivity contribution < 1.29 is 4.74 Å². The molecule has 1 nitrogen and oxygen atoms in total. The normalized spacial score (nSPS) is 53.4. The number of hydrogen-bond donors (Lipinski definition) is 0. The Labute approximate surface area is 62.8 Å². The van der Waals surface area contributed by atoms with Crippen molar-refractivity contribution in [3.8, 4) is 0 Å². The highest BCUT2D eigenvalue weighted by Gasteiger charge is 2.41. The largest absolute Gasteiger partial charge is 0.372 e. The molecule has 1 saturated carbocycles. The molecule has 10 heavy (non-hydrogen) atoms. The van der Waals surface area contributed by atoms with E-state index in [1.54, 1.807) is 0 Å². The Bertz CT molecular complexity index is 134. The second-order valence-electron chi connectivity index (χ2n) is 4.11. The number of fused-ring (bicyclic) bond motifs is 3. The molecular weight excluding hydrogens is 124 g/mol. The van der Waals surface area contributed by atoms with Crippen LogP contribution in [-0.2, 0) is 4.74 Å². The Kier molecular flexibility index (Phi) is 1.31. The topological polar surface area (TPSA) is 9.23 Å². The first kappa shape index (κ1) is 6.66. The highest BCUT2D eigenvalue weighted by molar-refractivity contribution is 4.91. The molecule has 0 radical (unpaired) electrons. The van der Waals surface area contributed by atoms with E-state index in [4.69, 9.17) is 4.74 Å². The molecule has 1 unspecified atom stereocenters. The molecule has 0 aromatic carbocycles. The van der Waals surface area contributed by atoms with Gasteiger partial charge < -0.3 is 4.74 Å². The second-order valence-corrected chi connectivity index (χ2v) is 4.11. The molecule has 1 heteroatoms. The standard InChI is InChI=1S/C9H16O/c1-7-8-3-5-9(2,10-7)6-4-8/h7-8H,3-6H2,1-2H3. The second kappa shape index (κ2) is 1.97. The van der Waals surface area contributed by atoms with Crippen molar-refractivity contribution in [1.82, 2.24) is 0 Å². The molecule has 0 amide bonds. The van der Waals surface area contributed by atoms with Gasteiger partial charge in [-0.15, -0.1) is 0 Å². The van der Waals surface area contributed by atoms with Gasteiger partial charge in [-0.1, -0.05) is 0 Å². The van der Waals surface area contributed by atoms with E-state index in [2.05, 4.69) is 13.8 Å². The van der Waals surface area contributed by atoms with Gasteiger partial charge in [0.05, 0.1) is 11.7 Å². The van der Waals surface area contributed by atoms with Crippen molar-refractivity contribution in [1.29, 1.82) is 0 Å². The van der Waals surface area contributed by atoms with Gasteiger partial charge in [0.2, 0.25) is 0 Å². The van der Waals surface area contributed by atoms with Gasteiger partial charge in [-0.3, -0.25) is 0 Å². The van der Waals surface area contributed by atoms with E-state index in [9.17, 15) is 0 Å². The molecule has 0 N–H and O–H groups in total. The molecule has 1 atom stereocenters. The monoisotopic (exact) mass is 140 g/mol. The molecule has 2 heterocycles. The van der Waals surface area contributed by atoms with E-state index in [1.165, 1.54) is 25.7 Å². The summed E-state index contributed by atoms with van der Waals surface area (Å²) < 4.78 is 5.87. The average molecular weight is 140 g/mol. The van der Waals surface area contributed by atoms with E-state index < -0.39 is 0 Å². The summed E-state index contributed by atoms with van der Waals surface area (Å²) in [5.41, 5.74) is 0.258. The minimum absolute atomic E-state index is 0.258. The molecule has 2 bridgehead atoms. The van der Waals surface area contributed by atoms with Crippen LogP contribution >= 0.6 is 0 Å². The van der Waals surface area contributed by atoms with Crippen LogP contribution in [0.4, 0.5) is 0 Å². The van der Waals surface area contributed by atoms with Gasteiger partial charge in [0, 0.05) is 0 Å². The minimum Gasteiger partial charge on any atom is -0.372 e. The third-order valence-corrected chi connectivity index (χ3v) is 3.22. The van der Waals surface area contributed by atoms with E-state index in [-0.39, 0.29) is 5.60 Å². The molecule has 0 aromatic rings. The lowest BCUT2D eigenvalue weighted by molar-refractivity contribution is -0.176. The van der Waals surface area contributed by atoms with E-state index in [0.717, 1.165) is 5.92 Å². The zero-order valence-corrected chi connectivity index (χ0v) is 6.89. The molecule has 2 saturated heterocycles. The Balaban J connectivity index is 2.14. The number of rotatable bonds is 0. The van der Waals surface area contributed by atoms with Crippen LogP contribution in [0.2, 0.25) is 0 Å². The van der Waals surface area contributed by atoms with Gasteiger partial charge in [0.15, 0.2) is 0 Å². The summed E-state index contributed by atoms with van der Waals surface area (Å²) in [5, 5.41) is 0. The lowest BCUT2D eigenvalue weighted by Gasteiger charge is -2.48. The van der Waals surface area contributed by atoms with Crippen molar-refractivity contribution in [3.05, 3.63) is 0 Å². The van der Waals surface area contributed by atoms with Crippen molar-refractivity contribution >= 4 is 0 Å². The molecule has 1 aliphatic carbocycles. The third-order valence-electron chi connectivity index (χ3n) is 3.22. The zero-order valence-electron chi connectivity index (χ0n) is 6.89. The molecule has 2 aliphatic heterocycles. The maximum Gasteiger partial charge on any atom is 0.0658 e. The summed E-state index contributed by atoms with van der Waals surface area (Å²) in [6.07, 6.45) is 5.92. The predicted molar refractivity (Wildman–Crippen MR) is 40.9 cm³/mol. The Hall–Kier alpha value is -0.0400. The average Bonchev–Trinajstić information content (AvgIpc) is 1.87. The smallest absolute Gasteiger partial charge is 0.0658 e. The third kappa shape index (κ3) is 0.878. The van der Waals surface area contributed by atoms with Crippen molar-refractivity contribution in [2.75, 3.05) is 0 Å². The van der Waals surface area contributed by atoms with Gasteiger partial charge in [0.1, 0.15) is 0 Å². The van der Waals surface area contributed by atoms with Crippen molar-refractivity contribution in [2.24, 2.45) is 5.92 Å². The number of hydrogen-bond acceptors (Lipinski definition) is 1. The quantitative estimate of drug-likeness (QED) is 0.502. The van der Waals surface area contributed by atoms with Gasteiger partial charge >= 0.3 is 0 Å². The van der Waals surface area contributed by atoms with Crippen LogP contribution in [-0.4, -0.2) is 11.7 Å². The highest BCUT2D eigenvalue weighted by atomic mass is 16.5. The number of ether oxygens (including phenoxy) is 1.